The zero-order valence-electron chi connectivity index (χ0n) is 22.8. The number of methoxy groups -OCH3 is 1. The molecule has 2 heterocycles. The highest BCUT2D eigenvalue weighted by Gasteiger charge is 2.36. The van der Waals surface area contributed by atoms with Gasteiger partial charge in [0.05, 0.1) is 23.6 Å². The summed E-state index contributed by atoms with van der Waals surface area (Å²) in [4.78, 5) is 2.64. The summed E-state index contributed by atoms with van der Waals surface area (Å²) in [5, 5.41) is 0. The van der Waals surface area contributed by atoms with E-state index in [4.69, 9.17) is 14.2 Å². The zero-order chi connectivity index (χ0) is 27.2. The van der Waals surface area contributed by atoms with Gasteiger partial charge in [0.15, 0.2) is 0 Å². The first kappa shape index (κ1) is 27.5. The quantitative estimate of drug-likeness (QED) is 0.374. The Morgan fingerprint density at radius 1 is 0.923 bits per heavy atom. The van der Waals surface area contributed by atoms with E-state index in [1.165, 1.54) is 25.7 Å². The van der Waals surface area contributed by atoms with Gasteiger partial charge in [0.1, 0.15) is 30.6 Å². The van der Waals surface area contributed by atoms with Crippen molar-refractivity contribution in [2.24, 2.45) is 0 Å². The van der Waals surface area contributed by atoms with Gasteiger partial charge in [0.25, 0.3) is 0 Å². The van der Waals surface area contributed by atoms with Gasteiger partial charge < -0.3 is 14.2 Å². The first-order chi connectivity index (χ1) is 18.9. The summed E-state index contributed by atoms with van der Waals surface area (Å²) in [5.41, 5.74) is 2.76. The van der Waals surface area contributed by atoms with E-state index in [1.807, 2.05) is 61.5 Å². The summed E-state index contributed by atoms with van der Waals surface area (Å²) in [6.45, 7) is 5.10. The van der Waals surface area contributed by atoms with Crippen molar-refractivity contribution in [3.8, 4) is 17.2 Å². The van der Waals surface area contributed by atoms with Crippen LogP contribution in [0.5, 0.6) is 17.2 Å². The number of likely N-dealkylation sites (tertiary alicyclic amines) is 1. The minimum Gasteiger partial charge on any atom is -0.496 e. The fourth-order valence-corrected chi connectivity index (χ4v) is 6.87. The maximum Gasteiger partial charge on any atom is 0.243 e. The second-order valence-corrected chi connectivity index (χ2v) is 12.3. The lowest BCUT2D eigenvalue weighted by molar-refractivity contribution is 0.130. The van der Waals surface area contributed by atoms with Gasteiger partial charge in [-0.05, 0) is 68.1 Å². The van der Waals surface area contributed by atoms with Crippen molar-refractivity contribution in [1.82, 2.24) is 9.21 Å². The Morgan fingerprint density at radius 3 is 2.33 bits per heavy atom. The molecular formula is C31H38N2O5S. The molecule has 0 aliphatic carbocycles. The molecule has 2 aliphatic rings. The molecule has 8 heteroatoms. The molecule has 0 saturated carbocycles. The molecule has 0 spiro atoms. The molecule has 0 unspecified atom stereocenters. The van der Waals surface area contributed by atoms with E-state index in [9.17, 15) is 8.42 Å². The van der Waals surface area contributed by atoms with Crippen LogP contribution in [0.15, 0.2) is 71.6 Å². The number of ether oxygens (including phenoxy) is 3. The number of rotatable bonds is 8. The number of hydrogen-bond donors (Lipinski definition) is 0. The Morgan fingerprint density at radius 2 is 1.64 bits per heavy atom. The normalized spacial score (nSPS) is 18.9. The lowest BCUT2D eigenvalue weighted by atomic mass is 10.1. The smallest absolute Gasteiger partial charge is 0.243 e. The second kappa shape index (κ2) is 12.4. The van der Waals surface area contributed by atoms with E-state index in [2.05, 4.69) is 4.90 Å². The van der Waals surface area contributed by atoms with Crippen LogP contribution in [0.1, 0.15) is 42.4 Å². The predicted molar refractivity (Wildman–Crippen MR) is 152 cm³/mol. The standard InChI is InChI=1S/C31H38N2O5S/c1-24-10-16-28(17-11-24)39(34,35)33-21-29-30(36-2)8-7-9-31(29)37-22-26(33)20-25-12-14-27(15-13-25)38-23-32-18-5-3-4-6-19-32/h7-17,26H,3-6,18-23H2,1-2H3/t26-/m0/s1. The van der Waals surface area contributed by atoms with Crippen LogP contribution in [0.25, 0.3) is 0 Å². The Hall–Kier alpha value is -3.07. The lowest BCUT2D eigenvalue weighted by Gasteiger charge is -2.29. The number of nitrogens with zero attached hydrogens (tertiary/aromatic N) is 2. The summed E-state index contributed by atoms with van der Waals surface area (Å²) in [6.07, 6.45) is 5.55. The molecule has 5 rings (SSSR count). The van der Waals surface area contributed by atoms with Gasteiger partial charge in [-0.1, -0.05) is 48.7 Å². The topological polar surface area (TPSA) is 68.3 Å². The van der Waals surface area contributed by atoms with E-state index >= 15 is 0 Å². The first-order valence-electron chi connectivity index (χ1n) is 13.8. The van der Waals surface area contributed by atoms with Crippen LogP contribution in [0.3, 0.4) is 0 Å². The fraction of sp³-hybridized carbons (Fsp3) is 0.419. The van der Waals surface area contributed by atoms with E-state index in [-0.39, 0.29) is 18.0 Å². The van der Waals surface area contributed by atoms with Crippen molar-refractivity contribution in [3.05, 3.63) is 83.4 Å². The summed E-state index contributed by atoms with van der Waals surface area (Å²) < 4.78 is 47.3. The molecule has 0 N–H and O–H groups in total. The van der Waals surface area contributed by atoms with Gasteiger partial charge >= 0.3 is 0 Å². The third-order valence-electron chi connectivity index (χ3n) is 7.60. The molecule has 1 saturated heterocycles. The molecule has 3 aromatic carbocycles. The number of hydrogen-bond acceptors (Lipinski definition) is 6. The molecular weight excluding hydrogens is 512 g/mol. The Bertz CT molecular complexity index is 1330. The van der Waals surface area contributed by atoms with Gasteiger partial charge in [-0.15, -0.1) is 0 Å². The molecule has 0 aromatic heterocycles. The van der Waals surface area contributed by atoms with Crippen molar-refractivity contribution in [2.75, 3.05) is 33.5 Å². The monoisotopic (exact) mass is 550 g/mol. The molecule has 7 nitrogen and oxygen atoms in total. The molecule has 0 amide bonds. The summed E-state index contributed by atoms with van der Waals surface area (Å²) in [6, 6.07) is 20.2. The van der Waals surface area contributed by atoms with Crippen LogP contribution < -0.4 is 14.2 Å². The van der Waals surface area contributed by atoms with Crippen LogP contribution in [-0.4, -0.2) is 57.2 Å². The third kappa shape index (κ3) is 6.57. The highest BCUT2D eigenvalue weighted by atomic mass is 32.2. The van der Waals surface area contributed by atoms with Gasteiger partial charge in [-0.3, -0.25) is 4.90 Å². The maximum absolute atomic E-state index is 14.0. The minimum absolute atomic E-state index is 0.164. The van der Waals surface area contributed by atoms with Crippen molar-refractivity contribution in [2.45, 2.75) is 56.5 Å². The van der Waals surface area contributed by atoms with Crippen LogP contribution in [-0.2, 0) is 23.0 Å². The Kier molecular flexibility index (Phi) is 8.75. The minimum atomic E-state index is -3.80. The Labute approximate surface area is 232 Å². The van der Waals surface area contributed by atoms with Crippen LogP contribution in [0.2, 0.25) is 0 Å². The second-order valence-electron chi connectivity index (χ2n) is 10.4. The summed E-state index contributed by atoms with van der Waals surface area (Å²) in [5.74, 6) is 2.09. The van der Waals surface area contributed by atoms with Crippen molar-refractivity contribution < 1.29 is 22.6 Å². The van der Waals surface area contributed by atoms with Crippen molar-refractivity contribution in [3.63, 3.8) is 0 Å². The molecule has 208 valence electrons. The largest absolute Gasteiger partial charge is 0.496 e. The molecule has 1 atom stereocenters. The highest BCUT2D eigenvalue weighted by Crippen LogP contribution is 2.36. The third-order valence-corrected chi connectivity index (χ3v) is 9.51. The predicted octanol–water partition coefficient (Wildman–Crippen LogP) is 5.41. The van der Waals surface area contributed by atoms with E-state index < -0.39 is 16.1 Å². The number of sulfonamides is 1. The van der Waals surface area contributed by atoms with E-state index in [0.29, 0.717) is 24.7 Å². The SMILES string of the molecule is COc1cccc2c1CN(S(=O)(=O)c1ccc(C)cc1)[C@@H](Cc1ccc(OCN3CCCCCC3)cc1)CO2. The average molecular weight is 551 g/mol. The Balaban J connectivity index is 1.37. The number of benzene rings is 3. The van der Waals surface area contributed by atoms with Gasteiger partial charge in [-0.2, -0.15) is 4.31 Å². The molecule has 3 aromatic rings. The van der Waals surface area contributed by atoms with Crippen molar-refractivity contribution >= 4 is 10.0 Å². The maximum atomic E-state index is 14.0. The van der Waals surface area contributed by atoms with E-state index in [1.54, 1.807) is 23.5 Å². The molecule has 2 aliphatic heterocycles. The number of fused-ring (bicyclic) bond motifs is 1. The first-order valence-corrected chi connectivity index (χ1v) is 15.2. The fourth-order valence-electron chi connectivity index (χ4n) is 5.29. The summed E-state index contributed by atoms with van der Waals surface area (Å²) >= 11 is 0. The molecule has 1 fully saturated rings. The molecule has 0 radical (unpaired) electrons. The molecule has 39 heavy (non-hydrogen) atoms. The van der Waals surface area contributed by atoms with E-state index in [0.717, 1.165) is 35.5 Å². The van der Waals surface area contributed by atoms with Gasteiger partial charge in [-0.25, -0.2) is 8.42 Å². The lowest BCUT2D eigenvalue weighted by Crippen LogP contribution is -2.43. The van der Waals surface area contributed by atoms with Gasteiger partial charge in [0.2, 0.25) is 10.0 Å². The number of aryl methyl sites for hydroxylation is 1. The van der Waals surface area contributed by atoms with Crippen LogP contribution in [0, 0.1) is 6.92 Å². The summed E-state index contributed by atoms with van der Waals surface area (Å²) in [7, 11) is -2.21. The highest BCUT2D eigenvalue weighted by molar-refractivity contribution is 7.89. The van der Waals surface area contributed by atoms with Crippen LogP contribution in [0.4, 0.5) is 0 Å². The zero-order valence-corrected chi connectivity index (χ0v) is 23.7. The van der Waals surface area contributed by atoms with Gasteiger partial charge in [0, 0.05) is 19.6 Å². The van der Waals surface area contributed by atoms with Crippen LogP contribution >= 0.6 is 0 Å². The average Bonchev–Trinajstić information content (AvgIpc) is 3.32. The molecule has 0 bridgehead atoms. The van der Waals surface area contributed by atoms with Crippen molar-refractivity contribution in [1.29, 1.82) is 0 Å².